The number of sulfonamides is 1. The van der Waals surface area contributed by atoms with Gasteiger partial charge in [-0.1, -0.05) is 6.07 Å². The van der Waals surface area contributed by atoms with Crippen LogP contribution in [0.1, 0.15) is 44.7 Å². The van der Waals surface area contributed by atoms with Gasteiger partial charge in [0.05, 0.1) is 4.90 Å². The van der Waals surface area contributed by atoms with Crippen LogP contribution >= 0.6 is 0 Å². The van der Waals surface area contributed by atoms with E-state index in [0.717, 1.165) is 49.6 Å². The van der Waals surface area contributed by atoms with Gasteiger partial charge in [0.2, 0.25) is 15.9 Å². The first-order chi connectivity index (χ1) is 17.4. The minimum atomic E-state index is -3.80. The Hall–Kier alpha value is -2.33. The molecule has 2 aliphatic rings. The fourth-order valence-corrected chi connectivity index (χ4v) is 7.44. The smallest absolute Gasteiger partial charge is 0.243 e. The monoisotopic (exact) mass is 530 g/mol. The van der Waals surface area contributed by atoms with E-state index >= 15 is 0 Å². The highest BCUT2D eigenvalue weighted by Gasteiger charge is 2.44. The summed E-state index contributed by atoms with van der Waals surface area (Å²) in [5.41, 5.74) is 2.51. The SMILES string of the molecule is Cc1cc(N(C)C(=O)C2CCN(S(=O)(=O)c3ccc(F)cc3)C(C)(C)C2)ccc1CN1CCN[C@@H](C)C1. The number of aryl methyl sites for hydroxylation is 1. The molecule has 2 fully saturated rings. The summed E-state index contributed by atoms with van der Waals surface area (Å²) in [5, 5.41) is 3.47. The molecule has 37 heavy (non-hydrogen) atoms. The highest BCUT2D eigenvalue weighted by molar-refractivity contribution is 7.89. The lowest BCUT2D eigenvalue weighted by Crippen LogP contribution is -2.54. The minimum absolute atomic E-state index is 0.00464. The van der Waals surface area contributed by atoms with Crippen molar-refractivity contribution in [2.75, 3.05) is 38.1 Å². The van der Waals surface area contributed by atoms with Crippen LogP contribution in [0.4, 0.5) is 10.1 Å². The summed E-state index contributed by atoms with van der Waals surface area (Å²) in [6, 6.07) is 11.6. The van der Waals surface area contributed by atoms with Crippen molar-refractivity contribution in [2.45, 2.75) is 63.6 Å². The molecule has 1 unspecified atom stereocenters. The molecule has 2 aromatic rings. The number of nitrogens with zero attached hydrogens (tertiary/aromatic N) is 3. The maximum atomic E-state index is 13.5. The molecular weight excluding hydrogens is 491 g/mol. The Morgan fingerprint density at radius 1 is 1.16 bits per heavy atom. The topological polar surface area (TPSA) is 73.0 Å². The lowest BCUT2D eigenvalue weighted by atomic mass is 9.83. The van der Waals surface area contributed by atoms with Gasteiger partial charge in [-0.2, -0.15) is 4.31 Å². The maximum Gasteiger partial charge on any atom is 0.243 e. The molecule has 1 amide bonds. The van der Waals surface area contributed by atoms with E-state index in [9.17, 15) is 17.6 Å². The number of benzene rings is 2. The molecule has 1 N–H and O–H groups in total. The number of hydrogen-bond donors (Lipinski definition) is 1. The standard InChI is InChI=1S/C28H39FN4O3S/c1-20-16-25(9-6-23(20)19-32-15-13-30-21(2)18-32)31(5)27(34)22-12-14-33(28(3,4)17-22)37(35,36)26-10-7-24(29)8-11-26/h6-11,16,21-22,30H,12-15,17-19H2,1-5H3/t21-,22?/m0/s1. The molecule has 0 saturated carbocycles. The predicted octanol–water partition coefficient (Wildman–Crippen LogP) is 3.77. The second-order valence-electron chi connectivity index (χ2n) is 11.1. The van der Waals surface area contributed by atoms with Crippen LogP contribution < -0.4 is 10.2 Å². The second kappa shape index (κ2) is 10.8. The Morgan fingerprint density at radius 2 is 1.86 bits per heavy atom. The molecule has 2 atom stereocenters. The average Bonchev–Trinajstić information content (AvgIpc) is 2.84. The Kier molecular flexibility index (Phi) is 8.09. The molecule has 7 nitrogen and oxygen atoms in total. The summed E-state index contributed by atoms with van der Waals surface area (Å²) < 4.78 is 41.3. The van der Waals surface area contributed by atoms with Gasteiger partial charge in [-0.05, 0) is 88.1 Å². The van der Waals surface area contributed by atoms with Gasteiger partial charge < -0.3 is 10.2 Å². The van der Waals surface area contributed by atoms with Gasteiger partial charge in [-0.3, -0.25) is 9.69 Å². The summed E-state index contributed by atoms with van der Waals surface area (Å²) in [6.45, 7) is 12.2. The number of hydrogen-bond acceptors (Lipinski definition) is 5. The molecule has 0 radical (unpaired) electrons. The first kappa shape index (κ1) is 27.7. The van der Waals surface area contributed by atoms with E-state index in [2.05, 4.69) is 36.2 Å². The van der Waals surface area contributed by atoms with Gasteiger partial charge in [0.25, 0.3) is 0 Å². The highest BCUT2D eigenvalue weighted by Crippen LogP contribution is 2.37. The zero-order valence-electron chi connectivity index (χ0n) is 22.5. The van der Waals surface area contributed by atoms with Gasteiger partial charge in [0.15, 0.2) is 0 Å². The van der Waals surface area contributed by atoms with Crippen molar-refractivity contribution < 1.29 is 17.6 Å². The average molecular weight is 531 g/mol. The van der Waals surface area contributed by atoms with Crippen LogP contribution in [0.15, 0.2) is 47.4 Å². The molecule has 0 bridgehead atoms. The molecule has 4 rings (SSSR count). The van der Waals surface area contributed by atoms with Crippen LogP contribution in [0, 0.1) is 18.7 Å². The summed E-state index contributed by atoms with van der Waals surface area (Å²) in [6.07, 6.45) is 0.847. The zero-order valence-corrected chi connectivity index (χ0v) is 23.3. The molecular formula is C28H39FN4O3S. The number of amides is 1. The van der Waals surface area contributed by atoms with Crippen molar-refractivity contribution in [1.29, 1.82) is 0 Å². The first-order valence-electron chi connectivity index (χ1n) is 13.0. The van der Waals surface area contributed by atoms with E-state index in [1.165, 1.54) is 22.0 Å². The minimum Gasteiger partial charge on any atom is -0.315 e. The van der Waals surface area contributed by atoms with E-state index in [-0.39, 0.29) is 23.3 Å². The van der Waals surface area contributed by atoms with Gasteiger partial charge >= 0.3 is 0 Å². The van der Waals surface area contributed by atoms with E-state index < -0.39 is 21.4 Å². The number of carbonyl (C=O) groups is 1. The van der Waals surface area contributed by atoms with Crippen molar-refractivity contribution in [3.05, 3.63) is 59.4 Å². The number of piperazine rings is 1. The Morgan fingerprint density at radius 3 is 2.49 bits per heavy atom. The third-order valence-corrected chi connectivity index (χ3v) is 9.87. The molecule has 9 heteroatoms. The Balaban J connectivity index is 1.43. The van der Waals surface area contributed by atoms with Crippen LogP contribution in [-0.4, -0.2) is 68.3 Å². The van der Waals surface area contributed by atoms with Crippen LogP contribution in [0.3, 0.4) is 0 Å². The fraction of sp³-hybridized carbons (Fsp3) is 0.536. The number of nitrogens with one attached hydrogen (secondary N) is 1. The third-order valence-electron chi connectivity index (χ3n) is 7.74. The van der Waals surface area contributed by atoms with Gasteiger partial charge in [-0.15, -0.1) is 0 Å². The van der Waals surface area contributed by atoms with Crippen LogP contribution in [0.5, 0.6) is 0 Å². The van der Waals surface area contributed by atoms with E-state index in [4.69, 9.17) is 0 Å². The van der Waals surface area contributed by atoms with E-state index in [1.54, 1.807) is 11.9 Å². The number of halogens is 1. The normalized spacial score (nSPS) is 23.1. The predicted molar refractivity (Wildman–Crippen MR) is 144 cm³/mol. The van der Waals surface area contributed by atoms with Crippen molar-refractivity contribution in [1.82, 2.24) is 14.5 Å². The zero-order chi connectivity index (χ0) is 27.0. The maximum absolute atomic E-state index is 13.5. The molecule has 0 spiro atoms. The molecule has 0 aliphatic carbocycles. The highest BCUT2D eigenvalue weighted by atomic mass is 32.2. The molecule has 0 aromatic heterocycles. The Bertz CT molecular complexity index is 1230. The molecule has 202 valence electrons. The van der Waals surface area contributed by atoms with Gasteiger partial charge in [-0.25, -0.2) is 12.8 Å². The van der Waals surface area contributed by atoms with Crippen molar-refractivity contribution in [3.8, 4) is 0 Å². The van der Waals surface area contributed by atoms with Gasteiger partial charge in [0.1, 0.15) is 5.82 Å². The van der Waals surface area contributed by atoms with Crippen molar-refractivity contribution in [3.63, 3.8) is 0 Å². The summed E-state index contributed by atoms with van der Waals surface area (Å²) in [5.74, 6) is -0.774. The van der Waals surface area contributed by atoms with Crippen molar-refractivity contribution in [2.24, 2.45) is 5.92 Å². The van der Waals surface area contributed by atoms with E-state index in [0.29, 0.717) is 18.9 Å². The van der Waals surface area contributed by atoms with Gasteiger partial charge in [0, 0.05) is 63.0 Å². The number of piperidine rings is 1. The summed E-state index contributed by atoms with van der Waals surface area (Å²) >= 11 is 0. The lowest BCUT2D eigenvalue weighted by Gasteiger charge is -2.44. The summed E-state index contributed by atoms with van der Waals surface area (Å²) in [4.78, 5) is 17.7. The van der Waals surface area contributed by atoms with Crippen molar-refractivity contribution >= 4 is 21.6 Å². The van der Waals surface area contributed by atoms with Crippen LogP contribution in [-0.2, 0) is 21.4 Å². The lowest BCUT2D eigenvalue weighted by molar-refractivity contribution is -0.124. The second-order valence-corrected chi connectivity index (χ2v) is 13.0. The molecule has 2 heterocycles. The quantitative estimate of drug-likeness (QED) is 0.616. The largest absolute Gasteiger partial charge is 0.315 e. The molecule has 2 saturated heterocycles. The van der Waals surface area contributed by atoms with Crippen LogP contribution in [0.2, 0.25) is 0 Å². The number of carbonyl (C=O) groups excluding carboxylic acids is 1. The number of anilines is 1. The Labute approximate surface area is 220 Å². The third kappa shape index (κ3) is 6.06. The fourth-order valence-electron chi connectivity index (χ4n) is 5.64. The molecule has 2 aromatic carbocycles. The molecule has 2 aliphatic heterocycles. The first-order valence-corrected chi connectivity index (χ1v) is 14.4. The summed E-state index contributed by atoms with van der Waals surface area (Å²) in [7, 11) is -2.01. The van der Waals surface area contributed by atoms with E-state index in [1.807, 2.05) is 19.9 Å². The number of rotatable bonds is 6. The van der Waals surface area contributed by atoms with Crippen LogP contribution in [0.25, 0.3) is 0 Å².